The smallest absolute Gasteiger partial charge is 0.251 e. The minimum Gasteiger partial charge on any atom is -0.347 e. The molecule has 0 unspecified atom stereocenters. The summed E-state index contributed by atoms with van der Waals surface area (Å²) in [5, 5.41) is 26.7. The summed E-state index contributed by atoms with van der Waals surface area (Å²) in [6.45, 7) is 15.4. The molecule has 3 aromatic carbocycles. The Morgan fingerprint density at radius 3 is 1.28 bits per heavy atom. The lowest BCUT2D eigenvalue weighted by molar-refractivity contribution is -0.144. The second-order valence-corrected chi connectivity index (χ2v) is 24.2. The summed E-state index contributed by atoms with van der Waals surface area (Å²) >= 11 is 0. The summed E-state index contributed by atoms with van der Waals surface area (Å²) in [5.74, 6) is -4.37. The number of hydrogen-bond donors (Lipinski definition) is 9. The molecule has 2 saturated heterocycles. The number of likely N-dealkylation sites (N-methyl/N-ethyl adjacent to an activating group) is 2. The zero-order valence-electron chi connectivity index (χ0n) is 49.1. The van der Waals surface area contributed by atoms with E-state index >= 15 is 0 Å². The predicted molar refractivity (Wildman–Crippen MR) is 318 cm³/mol. The number of hydrogen-bond acceptors (Lipinski definition) is 11. The summed E-state index contributed by atoms with van der Waals surface area (Å²) in [6, 6.07) is 12.5. The van der Waals surface area contributed by atoms with Crippen LogP contribution < -0.4 is 47.9 Å². The van der Waals surface area contributed by atoms with E-state index in [1.807, 2.05) is 90.1 Å². The van der Waals surface area contributed by atoms with Crippen LogP contribution in [0, 0.1) is 10.8 Å². The van der Waals surface area contributed by atoms with Crippen molar-refractivity contribution in [3.8, 4) is 0 Å². The molecule has 20 nitrogen and oxygen atoms in total. The molecule has 9 amide bonds. The SMILES string of the molecule is CN[C@@H](C)C(=O)N[C@H](C(=O)N1C[C@@H](NC(=O)c2cc(NC(C)=O)cc(C(=O)N[C@H]3C[C@@H](C(=O)N[C@@H]4CCCc5ccccc54)N(C(=O)[C@@H](NC(=O)[C@H](C)NC)C(C)(C)C)C3)c2)C[C@H]1C(=O)N[C@@H]1CCCc2ccccc21)C(C)(C)C.Cl.Cl. The summed E-state index contributed by atoms with van der Waals surface area (Å²) in [5.41, 5.74) is 2.82. The van der Waals surface area contributed by atoms with Gasteiger partial charge in [0.1, 0.15) is 24.2 Å². The van der Waals surface area contributed by atoms with Gasteiger partial charge in [-0.15, -0.1) is 24.8 Å². The number of anilines is 1. The quantitative estimate of drug-likeness (QED) is 0.0905. The summed E-state index contributed by atoms with van der Waals surface area (Å²) in [4.78, 5) is 130. The van der Waals surface area contributed by atoms with Crippen molar-refractivity contribution in [1.82, 2.24) is 52.3 Å². The van der Waals surface area contributed by atoms with Gasteiger partial charge in [-0.3, -0.25) is 43.2 Å². The lowest BCUT2D eigenvalue weighted by Gasteiger charge is -2.36. The van der Waals surface area contributed by atoms with Crippen LogP contribution >= 0.6 is 24.8 Å². The maximum absolute atomic E-state index is 14.8. The third kappa shape index (κ3) is 15.9. The van der Waals surface area contributed by atoms with Crippen molar-refractivity contribution in [3.63, 3.8) is 0 Å². The van der Waals surface area contributed by atoms with Crippen LogP contribution in [0.3, 0.4) is 0 Å². The van der Waals surface area contributed by atoms with E-state index in [-0.39, 0.29) is 79.6 Å². The van der Waals surface area contributed by atoms with Gasteiger partial charge in [0.15, 0.2) is 0 Å². The van der Waals surface area contributed by atoms with Crippen LogP contribution in [-0.2, 0) is 46.4 Å². The van der Waals surface area contributed by atoms with E-state index in [9.17, 15) is 43.2 Å². The largest absolute Gasteiger partial charge is 0.347 e. The van der Waals surface area contributed by atoms with Crippen molar-refractivity contribution in [2.24, 2.45) is 10.8 Å². The van der Waals surface area contributed by atoms with Crippen molar-refractivity contribution in [3.05, 3.63) is 100 Å². The second-order valence-electron chi connectivity index (χ2n) is 24.2. The van der Waals surface area contributed by atoms with Crippen LogP contribution in [0.1, 0.15) is 156 Å². The molecule has 448 valence electrons. The Morgan fingerprint density at radius 2 is 0.927 bits per heavy atom. The Balaban J connectivity index is 0.00000616. The predicted octanol–water partition coefficient (Wildman–Crippen LogP) is 4.55. The highest BCUT2D eigenvalue weighted by Crippen LogP contribution is 2.34. The average molecular weight is 1180 g/mol. The first kappa shape index (κ1) is 66.2. The van der Waals surface area contributed by atoms with E-state index in [4.69, 9.17) is 0 Å². The van der Waals surface area contributed by atoms with E-state index in [2.05, 4.69) is 47.9 Å². The van der Waals surface area contributed by atoms with E-state index in [1.165, 1.54) is 34.9 Å². The van der Waals surface area contributed by atoms with Crippen LogP contribution in [0.25, 0.3) is 0 Å². The monoisotopic (exact) mass is 1170 g/mol. The molecule has 2 aliphatic heterocycles. The van der Waals surface area contributed by atoms with Crippen molar-refractivity contribution >= 4 is 83.7 Å². The van der Waals surface area contributed by atoms with E-state index in [0.717, 1.165) is 47.9 Å². The zero-order valence-corrected chi connectivity index (χ0v) is 50.7. The molecular weight excluding hydrogens is 1090 g/mol. The number of nitrogens with one attached hydrogen (secondary N) is 9. The van der Waals surface area contributed by atoms with Gasteiger partial charge in [0.25, 0.3) is 11.8 Å². The molecule has 0 radical (unpaired) electrons. The van der Waals surface area contributed by atoms with Crippen molar-refractivity contribution in [2.45, 2.75) is 174 Å². The molecule has 2 fully saturated rings. The highest BCUT2D eigenvalue weighted by Gasteiger charge is 2.48. The third-order valence-electron chi connectivity index (χ3n) is 16.0. The first-order valence-corrected chi connectivity index (χ1v) is 28.1. The number of amides is 9. The first-order valence-electron chi connectivity index (χ1n) is 28.1. The number of carbonyl (C=O) groups is 9. The van der Waals surface area contributed by atoms with Crippen LogP contribution in [0.15, 0.2) is 66.7 Å². The number of benzene rings is 3. The number of halogens is 2. The molecular formula is C60H85Cl2N11O9. The zero-order chi connectivity index (χ0) is 58.4. The first-order chi connectivity index (χ1) is 37.8. The van der Waals surface area contributed by atoms with Gasteiger partial charge < -0.3 is 57.7 Å². The van der Waals surface area contributed by atoms with E-state index in [1.54, 1.807) is 27.9 Å². The summed E-state index contributed by atoms with van der Waals surface area (Å²) in [6.07, 6.45) is 4.92. The Kier molecular flexibility index (Phi) is 22.7. The third-order valence-corrected chi connectivity index (χ3v) is 16.0. The number of fused-ring (bicyclic) bond motifs is 2. The summed E-state index contributed by atoms with van der Waals surface area (Å²) < 4.78 is 0. The molecule has 22 heteroatoms. The highest BCUT2D eigenvalue weighted by molar-refractivity contribution is 6.03. The maximum Gasteiger partial charge on any atom is 0.251 e. The van der Waals surface area contributed by atoms with E-state index < -0.39 is 112 Å². The molecule has 82 heavy (non-hydrogen) atoms. The van der Waals surface area contributed by atoms with Gasteiger partial charge in [-0.2, -0.15) is 0 Å². The van der Waals surface area contributed by atoms with Gasteiger partial charge in [0, 0.05) is 48.9 Å². The molecule has 2 heterocycles. The number of rotatable bonds is 17. The molecule has 2 aliphatic carbocycles. The normalized spacial score (nSPS) is 21.7. The van der Waals surface area contributed by atoms with Gasteiger partial charge >= 0.3 is 0 Å². The van der Waals surface area contributed by atoms with Crippen LogP contribution in [0.4, 0.5) is 5.69 Å². The van der Waals surface area contributed by atoms with Crippen LogP contribution in [0.5, 0.6) is 0 Å². The standard InChI is InChI=1S/C60H83N11O9.2ClH/c1-33(61-10)51(73)68-49(59(4,5)6)57(79)70-31-41(29-47(70)55(77)66-45-24-16-20-36-18-12-14-22-43(36)45)64-53(75)38-26-39(28-40(27-38)63-35(3)72)54(76)65-42-30-48(56(78)67-46-25-17-21-37-19-13-15-23-44(37)46)71(32-42)58(80)50(60(7,8)9)69-52(74)34(2)62-11;;/h12-15,18-19,22-23,26-28,33-34,41-42,45-50,61-62H,16-17,20-21,24-25,29-32H2,1-11H3,(H,63,72)(H,64,75)(H,65,76)(H,66,77)(H,67,78)(H,68,73)(H,69,74);2*1H/t33-,34-,41-,42-,45+,46+,47-,48-,49+,50+;;/m0../s1. The molecule has 10 atom stereocenters. The fourth-order valence-electron chi connectivity index (χ4n) is 11.3. The molecule has 4 aliphatic rings. The molecule has 0 spiro atoms. The van der Waals surface area contributed by atoms with Crippen LogP contribution in [0.2, 0.25) is 0 Å². The molecule has 0 saturated carbocycles. The van der Waals surface area contributed by atoms with Gasteiger partial charge in [-0.05, 0) is 131 Å². The lowest BCUT2D eigenvalue weighted by Crippen LogP contribution is -2.59. The van der Waals surface area contributed by atoms with Crippen LogP contribution in [-0.4, -0.2) is 138 Å². The highest BCUT2D eigenvalue weighted by atomic mass is 35.5. The maximum atomic E-state index is 14.8. The van der Waals surface area contributed by atoms with Gasteiger partial charge in [0.05, 0.1) is 24.2 Å². The molecule has 7 rings (SSSR count). The second kappa shape index (κ2) is 28.1. The fraction of sp³-hybridized carbons (Fsp3) is 0.550. The Bertz CT molecular complexity index is 2680. The Hall–Kier alpha value is -6.61. The Labute approximate surface area is 494 Å². The molecule has 0 bridgehead atoms. The average Bonchev–Trinajstić information content (AvgIpc) is 4.11. The molecule has 0 aromatic heterocycles. The number of carbonyl (C=O) groups excluding carboxylic acids is 9. The van der Waals surface area contributed by atoms with Gasteiger partial charge in [-0.25, -0.2) is 0 Å². The molecule has 9 N–H and O–H groups in total. The van der Waals surface area contributed by atoms with Gasteiger partial charge in [0.2, 0.25) is 41.4 Å². The van der Waals surface area contributed by atoms with Crippen molar-refractivity contribution < 1.29 is 43.2 Å². The van der Waals surface area contributed by atoms with Crippen molar-refractivity contribution in [2.75, 3.05) is 32.5 Å². The van der Waals surface area contributed by atoms with Crippen molar-refractivity contribution in [1.29, 1.82) is 0 Å². The minimum absolute atomic E-state index is 0. The van der Waals surface area contributed by atoms with E-state index in [0.29, 0.717) is 12.8 Å². The minimum atomic E-state index is -1.04. The van der Waals surface area contributed by atoms with Gasteiger partial charge in [-0.1, -0.05) is 90.1 Å². The Morgan fingerprint density at radius 1 is 0.549 bits per heavy atom. The molecule has 3 aromatic rings. The lowest BCUT2D eigenvalue weighted by atomic mass is 9.85. The number of aryl methyl sites for hydroxylation is 2. The number of nitrogens with zero attached hydrogens (tertiary/aromatic N) is 2. The topological polar surface area (TPSA) is 268 Å². The number of likely N-dealkylation sites (tertiary alicyclic amines) is 2. The fourth-order valence-corrected chi connectivity index (χ4v) is 11.3. The summed E-state index contributed by atoms with van der Waals surface area (Å²) in [7, 11) is 3.28.